The maximum absolute atomic E-state index is 13.9. The summed E-state index contributed by atoms with van der Waals surface area (Å²) in [6.07, 6.45) is 0. The number of hydrogen-bond acceptors (Lipinski definition) is 3. The van der Waals surface area contributed by atoms with Crippen molar-refractivity contribution < 1.29 is 13.6 Å². The fourth-order valence-corrected chi connectivity index (χ4v) is 2.88. The Kier molecular flexibility index (Phi) is 4.20. The average molecular weight is 360 g/mol. The van der Waals surface area contributed by atoms with Gasteiger partial charge in [-0.25, -0.2) is 9.37 Å². The summed E-state index contributed by atoms with van der Waals surface area (Å²) in [4.78, 5) is 16.9. The molecule has 0 spiro atoms. The molecule has 0 aliphatic heterocycles. The van der Waals surface area contributed by atoms with Crippen molar-refractivity contribution >= 4 is 22.7 Å². The maximum Gasteiger partial charge on any atom is 0.258 e. The van der Waals surface area contributed by atoms with E-state index in [0.717, 1.165) is 22.2 Å². The Morgan fingerprint density at radius 3 is 2.67 bits per heavy atom. The summed E-state index contributed by atoms with van der Waals surface area (Å²) in [5.41, 5.74) is 4.75. The Labute approximate surface area is 155 Å². The number of aromatic nitrogens is 1. The van der Waals surface area contributed by atoms with Crippen molar-refractivity contribution in [3.05, 3.63) is 83.2 Å². The lowest BCUT2D eigenvalue weighted by Crippen LogP contribution is -2.14. The van der Waals surface area contributed by atoms with Crippen molar-refractivity contribution in [1.29, 1.82) is 0 Å². The second-order valence-electron chi connectivity index (χ2n) is 6.45. The highest BCUT2D eigenvalue weighted by Crippen LogP contribution is 2.28. The molecule has 0 aliphatic rings. The number of anilines is 1. The summed E-state index contributed by atoms with van der Waals surface area (Å²) in [5, 5.41) is 2.77. The van der Waals surface area contributed by atoms with Gasteiger partial charge in [0.05, 0.1) is 5.56 Å². The standard InChI is InChI=1S/C22H17FN2O2/c1-13-7-10-18-20(11-13)27-22(25-18)15-9-8-14(2)19(12-15)24-21(26)16-5-3-4-6-17(16)23/h3-12H,1-2H3,(H,24,26). The van der Waals surface area contributed by atoms with Crippen LogP contribution >= 0.6 is 0 Å². The molecule has 0 atom stereocenters. The van der Waals surface area contributed by atoms with Gasteiger partial charge < -0.3 is 9.73 Å². The fourth-order valence-electron chi connectivity index (χ4n) is 2.88. The summed E-state index contributed by atoms with van der Waals surface area (Å²) in [7, 11) is 0. The van der Waals surface area contributed by atoms with E-state index < -0.39 is 11.7 Å². The van der Waals surface area contributed by atoms with Crippen LogP contribution in [0.2, 0.25) is 0 Å². The molecule has 1 heterocycles. The summed E-state index contributed by atoms with van der Waals surface area (Å²) in [6, 6.07) is 17.2. The molecular formula is C22H17FN2O2. The Morgan fingerprint density at radius 1 is 1.04 bits per heavy atom. The van der Waals surface area contributed by atoms with Crippen LogP contribution in [-0.4, -0.2) is 10.9 Å². The smallest absolute Gasteiger partial charge is 0.258 e. The van der Waals surface area contributed by atoms with Gasteiger partial charge >= 0.3 is 0 Å². The van der Waals surface area contributed by atoms with Gasteiger partial charge in [-0.1, -0.05) is 24.3 Å². The van der Waals surface area contributed by atoms with Crippen LogP contribution in [0.4, 0.5) is 10.1 Å². The molecule has 4 aromatic rings. The van der Waals surface area contributed by atoms with Crippen LogP contribution in [-0.2, 0) is 0 Å². The lowest BCUT2D eigenvalue weighted by Gasteiger charge is -2.10. The van der Waals surface area contributed by atoms with E-state index in [0.29, 0.717) is 17.2 Å². The number of nitrogens with zero attached hydrogens (tertiary/aromatic N) is 1. The highest BCUT2D eigenvalue weighted by atomic mass is 19.1. The molecule has 1 aromatic heterocycles. The van der Waals surface area contributed by atoms with Gasteiger partial charge in [0.1, 0.15) is 11.3 Å². The van der Waals surface area contributed by atoms with Gasteiger partial charge in [0.15, 0.2) is 5.58 Å². The first-order valence-electron chi connectivity index (χ1n) is 8.55. The number of halogens is 1. The van der Waals surface area contributed by atoms with E-state index in [1.807, 2.05) is 44.2 Å². The molecule has 0 bridgehead atoms. The normalized spacial score (nSPS) is 10.9. The molecule has 3 aromatic carbocycles. The molecule has 0 unspecified atom stereocenters. The molecule has 4 nitrogen and oxygen atoms in total. The molecular weight excluding hydrogens is 343 g/mol. The van der Waals surface area contributed by atoms with Crippen molar-refractivity contribution in [3.8, 4) is 11.5 Å². The molecule has 1 N–H and O–H groups in total. The molecule has 0 fully saturated rings. The SMILES string of the molecule is Cc1ccc2nc(-c3ccc(C)c(NC(=O)c4ccccc4F)c3)oc2c1. The number of carbonyl (C=O) groups excluding carboxylic acids is 1. The van der Waals surface area contributed by atoms with Gasteiger partial charge in [-0.3, -0.25) is 4.79 Å². The molecule has 0 radical (unpaired) electrons. The first kappa shape index (κ1) is 17.0. The quantitative estimate of drug-likeness (QED) is 0.525. The lowest BCUT2D eigenvalue weighted by molar-refractivity contribution is 0.102. The van der Waals surface area contributed by atoms with Crippen molar-refractivity contribution in [2.75, 3.05) is 5.32 Å². The summed E-state index contributed by atoms with van der Waals surface area (Å²) >= 11 is 0. The van der Waals surface area contributed by atoms with Gasteiger partial charge in [-0.05, 0) is 61.4 Å². The van der Waals surface area contributed by atoms with E-state index in [1.54, 1.807) is 18.2 Å². The van der Waals surface area contributed by atoms with Crippen molar-refractivity contribution in [1.82, 2.24) is 4.98 Å². The summed E-state index contributed by atoms with van der Waals surface area (Å²) in [6.45, 7) is 3.86. The average Bonchev–Trinajstić information content (AvgIpc) is 3.07. The van der Waals surface area contributed by atoms with Gasteiger partial charge in [-0.2, -0.15) is 0 Å². The molecule has 134 valence electrons. The Balaban J connectivity index is 1.68. The minimum absolute atomic E-state index is 0.000333. The Bertz CT molecular complexity index is 1160. The van der Waals surface area contributed by atoms with E-state index >= 15 is 0 Å². The molecule has 0 saturated carbocycles. The topological polar surface area (TPSA) is 55.1 Å². The maximum atomic E-state index is 13.9. The molecule has 27 heavy (non-hydrogen) atoms. The van der Waals surface area contributed by atoms with E-state index in [1.165, 1.54) is 12.1 Å². The largest absolute Gasteiger partial charge is 0.436 e. The van der Waals surface area contributed by atoms with Crippen molar-refractivity contribution in [2.45, 2.75) is 13.8 Å². The number of oxazole rings is 1. The third kappa shape index (κ3) is 3.31. The first-order chi connectivity index (χ1) is 13.0. The second kappa shape index (κ2) is 6.68. The number of hydrogen-bond donors (Lipinski definition) is 1. The van der Waals surface area contributed by atoms with Crippen LogP contribution in [0.5, 0.6) is 0 Å². The third-order valence-corrected chi connectivity index (χ3v) is 4.40. The van der Waals surface area contributed by atoms with Crippen LogP contribution in [0.25, 0.3) is 22.6 Å². The van der Waals surface area contributed by atoms with Gasteiger partial charge in [-0.15, -0.1) is 0 Å². The minimum atomic E-state index is -0.557. The van der Waals surface area contributed by atoms with E-state index in [2.05, 4.69) is 10.3 Å². The first-order valence-corrected chi connectivity index (χ1v) is 8.55. The number of benzene rings is 3. The molecule has 5 heteroatoms. The molecule has 0 aliphatic carbocycles. The van der Waals surface area contributed by atoms with Crippen molar-refractivity contribution in [3.63, 3.8) is 0 Å². The number of carbonyl (C=O) groups is 1. The number of amides is 1. The van der Waals surface area contributed by atoms with E-state index in [-0.39, 0.29) is 5.56 Å². The number of aryl methyl sites for hydroxylation is 2. The minimum Gasteiger partial charge on any atom is -0.436 e. The van der Waals surface area contributed by atoms with Gasteiger partial charge in [0.2, 0.25) is 5.89 Å². The summed E-state index contributed by atoms with van der Waals surface area (Å²) in [5.74, 6) is -0.586. The van der Waals surface area contributed by atoms with E-state index in [9.17, 15) is 9.18 Å². The second-order valence-corrected chi connectivity index (χ2v) is 6.45. The third-order valence-electron chi connectivity index (χ3n) is 4.40. The van der Waals surface area contributed by atoms with Crippen molar-refractivity contribution in [2.24, 2.45) is 0 Å². The zero-order valence-corrected chi connectivity index (χ0v) is 14.9. The number of nitrogens with one attached hydrogen (secondary N) is 1. The predicted molar refractivity (Wildman–Crippen MR) is 103 cm³/mol. The molecule has 0 saturated heterocycles. The van der Waals surface area contributed by atoms with Crippen LogP contribution in [0.3, 0.4) is 0 Å². The Morgan fingerprint density at radius 2 is 1.85 bits per heavy atom. The van der Waals surface area contributed by atoms with E-state index in [4.69, 9.17) is 4.42 Å². The van der Waals surface area contributed by atoms with Crippen LogP contribution in [0.1, 0.15) is 21.5 Å². The van der Waals surface area contributed by atoms with Gasteiger partial charge in [0.25, 0.3) is 5.91 Å². The van der Waals surface area contributed by atoms with Crippen LogP contribution < -0.4 is 5.32 Å². The zero-order chi connectivity index (χ0) is 19.0. The zero-order valence-electron chi connectivity index (χ0n) is 14.9. The lowest BCUT2D eigenvalue weighted by atomic mass is 10.1. The van der Waals surface area contributed by atoms with Gasteiger partial charge in [0, 0.05) is 11.3 Å². The van der Waals surface area contributed by atoms with Crippen LogP contribution in [0.15, 0.2) is 65.1 Å². The highest BCUT2D eigenvalue weighted by molar-refractivity contribution is 6.05. The predicted octanol–water partition coefficient (Wildman–Crippen LogP) is 5.50. The monoisotopic (exact) mass is 360 g/mol. The molecule has 1 amide bonds. The number of fused-ring (bicyclic) bond motifs is 1. The highest BCUT2D eigenvalue weighted by Gasteiger charge is 2.14. The summed E-state index contributed by atoms with van der Waals surface area (Å²) < 4.78 is 19.7. The number of rotatable bonds is 3. The molecule has 4 rings (SSSR count). The fraction of sp³-hybridized carbons (Fsp3) is 0.0909. The Hall–Kier alpha value is -3.47. The van der Waals surface area contributed by atoms with Crippen LogP contribution in [0, 0.1) is 19.7 Å².